The lowest BCUT2D eigenvalue weighted by Gasteiger charge is -2.03. The maximum Gasteiger partial charge on any atom is 0.387 e. The molecule has 3 aromatic carbocycles. The van der Waals surface area contributed by atoms with Gasteiger partial charge in [0.2, 0.25) is 22.8 Å². The number of furan rings is 1. The van der Waals surface area contributed by atoms with Crippen molar-refractivity contribution >= 4 is 22.1 Å². The quantitative estimate of drug-likeness (QED) is 0.297. The normalized spacial score (nSPS) is 11.4. The Morgan fingerprint density at radius 1 is 0.688 bits per heavy atom. The van der Waals surface area contributed by atoms with E-state index in [0.717, 1.165) is 56.1 Å². The first-order valence-electron chi connectivity index (χ1n) is 10.7. The van der Waals surface area contributed by atoms with Crippen molar-refractivity contribution in [2.24, 2.45) is 0 Å². The molecule has 0 spiro atoms. The standard InChI is InChI=1S/C28H21N2O2/c1-18-15-16-22-23-14-9-17-29-27(23)31-26(22)24(18)30-19(2)25(20-10-5-3-6-11-20)32-28(30)21-12-7-4-8-13-21/h3-17H,1-2H3/q+1. The third kappa shape index (κ3) is 2.77. The van der Waals surface area contributed by atoms with Gasteiger partial charge in [-0.25, -0.2) is 4.98 Å². The molecule has 0 fully saturated rings. The Morgan fingerprint density at radius 2 is 1.41 bits per heavy atom. The van der Waals surface area contributed by atoms with Crippen LogP contribution in [0.1, 0.15) is 11.3 Å². The molecular formula is C28H21N2O2+. The van der Waals surface area contributed by atoms with Crippen LogP contribution in [0.3, 0.4) is 0 Å². The smallest absolute Gasteiger partial charge is 0.387 e. The predicted molar refractivity (Wildman–Crippen MR) is 126 cm³/mol. The molecular weight excluding hydrogens is 396 g/mol. The molecule has 32 heavy (non-hydrogen) atoms. The molecule has 0 aliphatic carbocycles. The summed E-state index contributed by atoms with van der Waals surface area (Å²) in [6, 6.07) is 28.7. The molecule has 4 nitrogen and oxygen atoms in total. The lowest BCUT2D eigenvalue weighted by atomic mass is 10.1. The van der Waals surface area contributed by atoms with Crippen LogP contribution >= 0.6 is 0 Å². The predicted octanol–water partition coefficient (Wildman–Crippen LogP) is 6.80. The summed E-state index contributed by atoms with van der Waals surface area (Å²) in [5.74, 6) is 1.61. The molecule has 0 radical (unpaired) electrons. The molecule has 6 aromatic rings. The van der Waals surface area contributed by atoms with Gasteiger partial charge in [0, 0.05) is 35.0 Å². The number of nitrogens with zero attached hydrogens (tertiary/aromatic N) is 2. The second kappa shape index (κ2) is 7.20. The van der Waals surface area contributed by atoms with Gasteiger partial charge in [-0.2, -0.15) is 0 Å². The van der Waals surface area contributed by atoms with Gasteiger partial charge in [-0.3, -0.25) is 0 Å². The molecule has 0 unspecified atom stereocenters. The Morgan fingerprint density at radius 3 is 2.16 bits per heavy atom. The van der Waals surface area contributed by atoms with Gasteiger partial charge in [-0.15, -0.1) is 4.57 Å². The Bertz CT molecular complexity index is 1580. The van der Waals surface area contributed by atoms with Crippen molar-refractivity contribution in [3.63, 3.8) is 0 Å². The summed E-state index contributed by atoms with van der Waals surface area (Å²) < 4.78 is 15.0. The molecule has 0 aliphatic heterocycles. The van der Waals surface area contributed by atoms with Gasteiger partial charge in [0.05, 0.1) is 5.56 Å². The van der Waals surface area contributed by atoms with Gasteiger partial charge in [-0.1, -0.05) is 54.6 Å². The Kier molecular flexibility index (Phi) is 4.18. The van der Waals surface area contributed by atoms with E-state index in [-0.39, 0.29) is 0 Å². The first-order chi connectivity index (χ1) is 15.7. The van der Waals surface area contributed by atoms with E-state index in [1.54, 1.807) is 6.20 Å². The number of oxazole rings is 1. The summed E-state index contributed by atoms with van der Waals surface area (Å²) >= 11 is 0. The van der Waals surface area contributed by atoms with Crippen LogP contribution in [0.15, 0.2) is 100.0 Å². The number of hydrogen-bond acceptors (Lipinski definition) is 3. The molecule has 3 aromatic heterocycles. The highest BCUT2D eigenvalue weighted by molar-refractivity contribution is 6.06. The second-order valence-corrected chi connectivity index (χ2v) is 7.96. The van der Waals surface area contributed by atoms with Crippen LogP contribution in [0.5, 0.6) is 0 Å². The molecule has 0 saturated carbocycles. The number of rotatable bonds is 3. The van der Waals surface area contributed by atoms with Crippen molar-refractivity contribution in [2.75, 3.05) is 0 Å². The molecule has 154 valence electrons. The van der Waals surface area contributed by atoms with Crippen LogP contribution in [0.25, 0.3) is 50.5 Å². The van der Waals surface area contributed by atoms with E-state index < -0.39 is 0 Å². The van der Waals surface area contributed by atoms with Crippen molar-refractivity contribution in [1.82, 2.24) is 4.98 Å². The zero-order chi connectivity index (χ0) is 21.7. The first-order valence-corrected chi connectivity index (χ1v) is 10.7. The highest BCUT2D eigenvalue weighted by Gasteiger charge is 2.33. The van der Waals surface area contributed by atoms with Crippen LogP contribution in [-0.2, 0) is 0 Å². The number of hydrogen-bond donors (Lipinski definition) is 0. The first kappa shape index (κ1) is 18.6. The van der Waals surface area contributed by atoms with Gasteiger partial charge in [0.15, 0.2) is 0 Å². The van der Waals surface area contributed by atoms with Crippen LogP contribution < -0.4 is 4.57 Å². The average Bonchev–Trinajstić information content (AvgIpc) is 3.38. The minimum Gasteiger partial charge on any atom is -0.431 e. The van der Waals surface area contributed by atoms with Crippen LogP contribution in [-0.4, -0.2) is 4.98 Å². The molecule has 0 N–H and O–H groups in total. The van der Waals surface area contributed by atoms with E-state index in [1.807, 2.05) is 48.5 Å². The van der Waals surface area contributed by atoms with Crippen LogP contribution in [0, 0.1) is 13.8 Å². The van der Waals surface area contributed by atoms with Gasteiger partial charge in [0.25, 0.3) is 5.69 Å². The lowest BCUT2D eigenvalue weighted by molar-refractivity contribution is -0.592. The molecule has 0 amide bonds. The number of aryl methyl sites for hydroxylation is 1. The average molecular weight is 417 g/mol. The van der Waals surface area contributed by atoms with E-state index >= 15 is 0 Å². The third-order valence-electron chi connectivity index (χ3n) is 5.94. The molecule has 0 aliphatic rings. The molecule has 4 heteroatoms. The Balaban J connectivity index is 1.73. The van der Waals surface area contributed by atoms with Crippen molar-refractivity contribution in [1.29, 1.82) is 0 Å². The monoisotopic (exact) mass is 417 g/mol. The fourth-order valence-corrected chi connectivity index (χ4v) is 4.40. The Hall–Kier alpha value is -4.18. The highest BCUT2D eigenvalue weighted by atomic mass is 16.4. The maximum atomic E-state index is 6.56. The summed E-state index contributed by atoms with van der Waals surface area (Å²) in [5, 5.41) is 2.05. The fourth-order valence-electron chi connectivity index (χ4n) is 4.40. The second-order valence-electron chi connectivity index (χ2n) is 7.96. The minimum atomic E-state index is 0.639. The summed E-state index contributed by atoms with van der Waals surface area (Å²) in [6.07, 6.45) is 1.76. The topological polar surface area (TPSA) is 43.0 Å². The zero-order valence-corrected chi connectivity index (χ0v) is 17.9. The van der Waals surface area contributed by atoms with Gasteiger partial charge in [-0.05, 0) is 37.3 Å². The van der Waals surface area contributed by atoms with Crippen molar-refractivity contribution in [3.8, 4) is 28.5 Å². The zero-order valence-electron chi connectivity index (χ0n) is 17.9. The van der Waals surface area contributed by atoms with Crippen LogP contribution in [0.4, 0.5) is 0 Å². The summed E-state index contributed by atoms with van der Waals surface area (Å²) in [5.41, 5.74) is 6.58. The number of aromatic nitrogens is 2. The van der Waals surface area contributed by atoms with Gasteiger partial charge < -0.3 is 8.83 Å². The largest absolute Gasteiger partial charge is 0.431 e. The SMILES string of the molecule is Cc1ccc2c(oc3ncccc32)c1-[n+]1c(-c2ccccc2)oc(-c2ccccc2)c1C. The molecule has 6 rings (SSSR count). The van der Waals surface area contributed by atoms with Crippen molar-refractivity contribution in [2.45, 2.75) is 13.8 Å². The fraction of sp³-hybridized carbons (Fsp3) is 0.0714. The Labute approximate surface area is 185 Å². The molecule has 3 heterocycles. The van der Waals surface area contributed by atoms with E-state index in [1.165, 1.54) is 0 Å². The van der Waals surface area contributed by atoms with Crippen LogP contribution in [0.2, 0.25) is 0 Å². The maximum absolute atomic E-state index is 6.56. The van der Waals surface area contributed by atoms with Gasteiger partial charge >= 0.3 is 5.89 Å². The highest BCUT2D eigenvalue weighted by Crippen LogP contribution is 2.35. The van der Waals surface area contributed by atoms with Crippen molar-refractivity contribution in [3.05, 3.63) is 102 Å². The molecule has 0 saturated heterocycles. The minimum absolute atomic E-state index is 0.639. The van der Waals surface area contributed by atoms with E-state index in [4.69, 9.17) is 8.83 Å². The van der Waals surface area contributed by atoms with E-state index in [9.17, 15) is 0 Å². The van der Waals surface area contributed by atoms with E-state index in [2.05, 4.69) is 59.8 Å². The molecule has 0 bridgehead atoms. The molecule has 0 atom stereocenters. The van der Waals surface area contributed by atoms with Gasteiger partial charge in [0.1, 0.15) is 0 Å². The summed E-state index contributed by atoms with van der Waals surface area (Å²) in [4.78, 5) is 4.44. The summed E-state index contributed by atoms with van der Waals surface area (Å²) in [7, 11) is 0. The number of fused-ring (bicyclic) bond motifs is 3. The number of pyridine rings is 1. The number of benzene rings is 3. The lowest BCUT2D eigenvalue weighted by Crippen LogP contribution is -2.35. The van der Waals surface area contributed by atoms with E-state index in [0.29, 0.717) is 5.71 Å². The van der Waals surface area contributed by atoms with Crippen molar-refractivity contribution < 1.29 is 13.4 Å². The third-order valence-corrected chi connectivity index (χ3v) is 5.94. The summed E-state index contributed by atoms with van der Waals surface area (Å²) in [6.45, 7) is 4.20.